The Kier molecular flexibility index (Phi) is 7.63. The number of halogens is 1. The van der Waals surface area contributed by atoms with Crippen LogP contribution in [0, 0.1) is 6.92 Å². The molecule has 0 aliphatic carbocycles. The molecule has 0 spiro atoms. The van der Waals surface area contributed by atoms with Crippen LogP contribution in [0.4, 0.5) is 10.5 Å². The number of ether oxygens (including phenoxy) is 2. The molecule has 8 heteroatoms. The number of urea groups is 1. The van der Waals surface area contributed by atoms with Gasteiger partial charge in [-0.05, 0) is 48.7 Å². The van der Waals surface area contributed by atoms with Crippen LogP contribution in [0.15, 0.2) is 36.4 Å². The van der Waals surface area contributed by atoms with E-state index in [1.807, 2.05) is 42.2 Å². The highest BCUT2D eigenvalue weighted by atomic mass is 35.5. The van der Waals surface area contributed by atoms with Crippen LogP contribution in [0.25, 0.3) is 0 Å². The number of rotatable bonds is 6. The lowest BCUT2D eigenvalue weighted by Gasteiger charge is -2.34. The molecule has 0 bridgehead atoms. The molecule has 1 N–H and O–H groups in total. The van der Waals surface area contributed by atoms with Gasteiger partial charge < -0.3 is 24.6 Å². The van der Waals surface area contributed by atoms with Crippen molar-refractivity contribution >= 4 is 29.2 Å². The van der Waals surface area contributed by atoms with Crippen LogP contribution in [-0.2, 0) is 11.2 Å². The molecule has 2 aromatic rings. The van der Waals surface area contributed by atoms with E-state index in [0.29, 0.717) is 61.2 Å². The van der Waals surface area contributed by atoms with Crippen molar-refractivity contribution in [2.75, 3.05) is 45.7 Å². The molecule has 0 unspecified atom stereocenters. The van der Waals surface area contributed by atoms with Crippen molar-refractivity contribution in [3.63, 3.8) is 0 Å². The Bertz CT molecular complexity index is 942. The van der Waals surface area contributed by atoms with Gasteiger partial charge in [-0.3, -0.25) is 4.79 Å². The van der Waals surface area contributed by atoms with Gasteiger partial charge >= 0.3 is 6.03 Å². The van der Waals surface area contributed by atoms with E-state index in [-0.39, 0.29) is 11.9 Å². The fourth-order valence-electron chi connectivity index (χ4n) is 3.48. The molecule has 166 valence electrons. The summed E-state index contributed by atoms with van der Waals surface area (Å²) in [6, 6.07) is 10.9. The second-order valence-corrected chi connectivity index (χ2v) is 7.86. The molecule has 31 heavy (non-hydrogen) atoms. The Morgan fingerprint density at radius 3 is 2.29 bits per heavy atom. The monoisotopic (exact) mass is 445 g/mol. The average Bonchev–Trinajstić information content (AvgIpc) is 2.79. The zero-order valence-electron chi connectivity index (χ0n) is 18.1. The van der Waals surface area contributed by atoms with Crippen molar-refractivity contribution in [1.29, 1.82) is 0 Å². The third kappa shape index (κ3) is 5.82. The first-order valence-corrected chi connectivity index (χ1v) is 10.6. The first-order valence-electron chi connectivity index (χ1n) is 10.2. The molecule has 7 nitrogen and oxygen atoms in total. The van der Waals surface area contributed by atoms with Crippen LogP contribution in [0.3, 0.4) is 0 Å². The van der Waals surface area contributed by atoms with Crippen molar-refractivity contribution in [1.82, 2.24) is 9.80 Å². The summed E-state index contributed by atoms with van der Waals surface area (Å²) < 4.78 is 10.6. The van der Waals surface area contributed by atoms with Gasteiger partial charge in [0.25, 0.3) is 0 Å². The summed E-state index contributed by atoms with van der Waals surface area (Å²) in [4.78, 5) is 28.7. The summed E-state index contributed by atoms with van der Waals surface area (Å²) >= 11 is 6.12. The van der Waals surface area contributed by atoms with Gasteiger partial charge in [0.15, 0.2) is 11.5 Å². The zero-order chi connectivity index (χ0) is 22.4. The standard InChI is InChI=1S/C23H28ClN3O4/c1-16-4-7-18(15-19(16)24)25-23(29)27-12-10-26(11-13-27)22(28)9-6-17-5-8-20(30-2)21(14-17)31-3/h4-5,7-8,14-15H,6,9-13H2,1-3H3,(H,25,29). The Balaban J connectivity index is 1.47. The predicted molar refractivity (Wildman–Crippen MR) is 121 cm³/mol. The second kappa shape index (κ2) is 10.4. The molecule has 1 heterocycles. The first kappa shape index (κ1) is 22.7. The SMILES string of the molecule is COc1ccc(CCC(=O)N2CCN(C(=O)Nc3ccc(C)c(Cl)c3)CC2)cc1OC. The molecular formula is C23H28ClN3O4. The van der Waals surface area contributed by atoms with Gasteiger partial charge in [0.1, 0.15) is 0 Å². The molecule has 0 saturated carbocycles. The molecule has 3 rings (SSSR count). The number of aryl methyl sites for hydroxylation is 2. The number of hydrogen-bond donors (Lipinski definition) is 1. The minimum atomic E-state index is -0.183. The van der Waals surface area contributed by atoms with E-state index in [2.05, 4.69) is 5.32 Å². The van der Waals surface area contributed by atoms with Gasteiger partial charge in [-0.2, -0.15) is 0 Å². The van der Waals surface area contributed by atoms with Crippen molar-refractivity contribution in [3.05, 3.63) is 52.5 Å². The first-order chi connectivity index (χ1) is 14.9. The normalized spacial score (nSPS) is 13.7. The van der Waals surface area contributed by atoms with Crippen molar-refractivity contribution in [2.45, 2.75) is 19.8 Å². The summed E-state index contributed by atoms with van der Waals surface area (Å²) in [6.45, 7) is 3.94. The number of anilines is 1. The maximum atomic E-state index is 12.6. The number of nitrogens with one attached hydrogen (secondary N) is 1. The summed E-state index contributed by atoms with van der Waals surface area (Å²) in [5, 5.41) is 3.48. The maximum absolute atomic E-state index is 12.6. The predicted octanol–water partition coefficient (Wildman–Crippen LogP) is 3.97. The van der Waals surface area contributed by atoms with Gasteiger partial charge in [0.2, 0.25) is 5.91 Å². The number of carbonyl (C=O) groups is 2. The minimum absolute atomic E-state index is 0.0835. The highest BCUT2D eigenvalue weighted by molar-refractivity contribution is 6.31. The Morgan fingerprint density at radius 2 is 1.65 bits per heavy atom. The Hall–Kier alpha value is -2.93. The van der Waals surface area contributed by atoms with E-state index < -0.39 is 0 Å². The summed E-state index contributed by atoms with van der Waals surface area (Å²) in [7, 11) is 3.19. The number of methoxy groups -OCH3 is 2. The average molecular weight is 446 g/mol. The minimum Gasteiger partial charge on any atom is -0.493 e. The van der Waals surface area contributed by atoms with E-state index >= 15 is 0 Å². The summed E-state index contributed by atoms with van der Waals surface area (Å²) in [5.41, 5.74) is 2.63. The third-order valence-corrected chi connectivity index (χ3v) is 5.83. The smallest absolute Gasteiger partial charge is 0.321 e. The highest BCUT2D eigenvalue weighted by Gasteiger charge is 2.24. The number of carbonyl (C=O) groups excluding carboxylic acids is 2. The van der Waals surface area contributed by atoms with E-state index in [9.17, 15) is 9.59 Å². The molecule has 3 amide bonds. The van der Waals surface area contributed by atoms with Crippen LogP contribution in [0.5, 0.6) is 11.5 Å². The molecule has 0 aromatic heterocycles. The van der Waals surface area contributed by atoms with Gasteiger partial charge in [-0.1, -0.05) is 23.7 Å². The number of amides is 3. The van der Waals surface area contributed by atoms with Crippen molar-refractivity contribution in [3.8, 4) is 11.5 Å². The molecule has 1 aliphatic heterocycles. The van der Waals surface area contributed by atoms with Crippen LogP contribution >= 0.6 is 11.6 Å². The summed E-state index contributed by atoms with van der Waals surface area (Å²) in [5.74, 6) is 1.40. The summed E-state index contributed by atoms with van der Waals surface area (Å²) in [6.07, 6.45) is 1.03. The number of piperazine rings is 1. The van der Waals surface area contributed by atoms with Gasteiger partial charge in [0, 0.05) is 43.3 Å². The largest absolute Gasteiger partial charge is 0.493 e. The van der Waals surface area contributed by atoms with Gasteiger partial charge in [-0.25, -0.2) is 4.79 Å². The zero-order valence-corrected chi connectivity index (χ0v) is 18.9. The molecule has 1 saturated heterocycles. The highest BCUT2D eigenvalue weighted by Crippen LogP contribution is 2.28. The lowest BCUT2D eigenvalue weighted by molar-refractivity contribution is -0.132. The molecule has 2 aromatic carbocycles. The van der Waals surface area contributed by atoms with Crippen LogP contribution in [0.1, 0.15) is 17.5 Å². The fraction of sp³-hybridized carbons (Fsp3) is 0.391. The molecule has 1 fully saturated rings. The lowest BCUT2D eigenvalue weighted by Crippen LogP contribution is -2.51. The Morgan fingerprint density at radius 1 is 0.968 bits per heavy atom. The number of hydrogen-bond acceptors (Lipinski definition) is 4. The maximum Gasteiger partial charge on any atom is 0.321 e. The van der Waals surface area contributed by atoms with Gasteiger partial charge in [0.05, 0.1) is 14.2 Å². The number of nitrogens with zero attached hydrogens (tertiary/aromatic N) is 2. The van der Waals surface area contributed by atoms with E-state index in [4.69, 9.17) is 21.1 Å². The second-order valence-electron chi connectivity index (χ2n) is 7.45. The van der Waals surface area contributed by atoms with Crippen molar-refractivity contribution < 1.29 is 19.1 Å². The fourth-order valence-corrected chi connectivity index (χ4v) is 3.66. The molecule has 0 atom stereocenters. The molecule has 1 aliphatic rings. The Labute approximate surface area is 187 Å². The molecular weight excluding hydrogens is 418 g/mol. The number of benzene rings is 2. The van der Waals surface area contributed by atoms with Crippen LogP contribution in [0.2, 0.25) is 5.02 Å². The van der Waals surface area contributed by atoms with Crippen LogP contribution in [-0.4, -0.2) is 62.1 Å². The lowest BCUT2D eigenvalue weighted by atomic mass is 10.1. The van der Waals surface area contributed by atoms with E-state index in [0.717, 1.165) is 11.1 Å². The quantitative estimate of drug-likeness (QED) is 0.730. The molecule has 0 radical (unpaired) electrons. The van der Waals surface area contributed by atoms with E-state index in [1.165, 1.54) is 0 Å². The van der Waals surface area contributed by atoms with E-state index in [1.54, 1.807) is 25.2 Å². The van der Waals surface area contributed by atoms with Crippen LogP contribution < -0.4 is 14.8 Å². The van der Waals surface area contributed by atoms with Gasteiger partial charge in [-0.15, -0.1) is 0 Å². The third-order valence-electron chi connectivity index (χ3n) is 5.42. The van der Waals surface area contributed by atoms with Crippen molar-refractivity contribution in [2.24, 2.45) is 0 Å². The topological polar surface area (TPSA) is 71.1 Å².